The molecule has 2 aromatic rings. The molecule has 59 heavy (non-hydrogen) atoms. The summed E-state index contributed by atoms with van der Waals surface area (Å²) in [6.45, 7) is 9.02. The molecule has 6 N–H and O–H groups in total. The van der Waals surface area contributed by atoms with Crippen LogP contribution in [0.2, 0.25) is 0 Å². The molecule has 4 fully saturated rings. The van der Waals surface area contributed by atoms with E-state index in [0.717, 1.165) is 21.6 Å². The van der Waals surface area contributed by atoms with Crippen LogP contribution in [-0.4, -0.2) is 134 Å². The highest BCUT2D eigenvalue weighted by molar-refractivity contribution is 6.09. The van der Waals surface area contributed by atoms with E-state index in [-0.39, 0.29) is 43.5 Å². The highest BCUT2D eigenvalue weighted by atomic mass is 16.3. The Morgan fingerprint density at radius 1 is 0.881 bits per heavy atom. The SMILES string of the molecule is Cc1ccc(NC(=O)N[C@@H](Cc2cccc(C)c2)C(=O)N[C@H](C(=O)N2C[C@H](O)C[C@H]2C(=O)N2CCCC[C@H]2C(=O)N[C@@H](C)C(=O)N2C[C@H](C)C[C@]23CC3=O)[C@H](C)O)cc1. The van der Waals surface area contributed by atoms with Crippen LogP contribution in [0.5, 0.6) is 0 Å². The number of nitrogens with zero attached hydrogens (tertiary/aromatic N) is 3. The fourth-order valence-corrected chi connectivity index (χ4v) is 8.82. The molecule has 0 bridgehead atoms. The number of aliphatic hydroxyl groups excluding tert-OH is 2. The summed E-state index contributed by atoms with van der Waals surface area (Å²) in [5, 5.41) is 32.5. The molecule has 6 rings (SSSR count). The average Bonchev–Trinajstić information content (AvgIpc) is 3.47. The smallest absolute Gasteiger partial charge is 0.319 e. The highest BCUT2D eigenvalue weighted by Crippen LogP contribution is 2.48. The number of hydrogen-bond acceptors (Lipinski definition) is 9. The number of likely N-dealkylation sites (tertiary alicyclic amines) is 3. The summed E-state index contributed by atoms with van der Waals surface area (Å²) in [6.07, 6.45) is -0.186. The molecule has 7 amide bonds. The molecule has 0 radical (unpaired) electrons. The first-order chi connectivity index (χ1) is 28.0. The first kappa shape index (κ1) is 43.2. The van der Waals surface area contributed by atoms with Crippen molar-refractivity contribution < 1.29 is 43.8 Å². The van der Waals surface area contributed by atoms with Gasteiger partial charge in [-0.3, -0.25) is 28.8 Å². The molecule has 3 heterocycles. The van der Waals surface area contributed by atoms with Crippen LogP contribution in [0.3, 0.4) is 0 Å². The minimum absolute atomic E-state index is 0.0213. The van der Waals surface area contributed by atoms with Gasteiger partial charge >= 0.3 is 6.03 Å². The number of hydrogen-bond donors (Lipinski definition) is 6. The van der Waals surface area contributed by atoms with Gasteiger partial charge in [-0.1, -0.05) is 54.4 Å². The Hall–Kier alpha value is -5.35. The number of ketones is 1. The Kier molecular flexibility index (Phi) is 13.1. The van der Waals surface area contributed by atoms with E-state index in [9.17, 15) is 43.8 Å². The predicted molar refractivity (Wildman–Crippen MR) is 217 cm³/mol. The number of rotatable bonds is 12. The van der Waals surface area contributed by atoms with Gasteiger partial charge in [0.1, 0.15) is 35.7 Å². The van der Waals surface area contributed by atoms with Crippen molar-refractivity contribution in [2.75, 3.05) is 25.0 Å². The molecule has 318 valence electrons. The lowest BCUT2D eigenvalue weighted by Gasteiger charge is -2.39. The molecule has 3 aliphatic heterocycles. The van der Waals surface area contributed by atoms with Crippen molar-refractivity contribution in [3.05, 3.63) is 65.2 Å². The third-order valence-corrected chi connectivity index (χ3v) is 12.0. The van der Waals surface area contributed by atoms with Crippen LogP contribution in [0, 0.1) is 19.8 Å². The Balaban J connectivity index is 1.15. The summed E-state index contributed by atoms with van der Waals surface area (Å²) in [6, 6.07) is 7.94. The maximum absolute atomic E-state index is 14.3. The first-order valence-electron chi connectivity index (χ1n) is 20.6. The number of piperidine rings is 1. The molecule has 2 aromatic carbocycles. The van der Waals surface area contributed by atoms with E-state index in [1.807, 2.05) is 51.1 Å². The first-order valence-corrected chi connectivity index (χ1v) is 20.6. The molecular formula is C43H57N7O9. The average molecular weight is 816 g/mol. The van der Waals surface area contributed by atoms with Gasteiger partial charge in [-0.25, -0.2) is 4.79 Å². The molecular weight excluding hydrogens is 759 g/mol. The molecule has 4 aliphatic rings. The maximum Gasteiger partial charge on any atom is 0.319 e. The lowest BCUT2D eigenvalue weighted by molar-refractivity contribution is -0.152. The van der Waals surface area contributed by atoms with Gasteiger partial charge in [0.15, 0.2) is 5.78 Å². The van der Waals surface area contributed by atoms with Gasteiger partial charge in [0.2, 0.25) is 29.5 Å². The van der Waals surface area contributed by atoms with Crippen molar-refractivity contribution in [2.45, 2.75) is 128 Å². The summed E-state index contributed by atoms with van der Waals surface area (Å²) >= 11 is 0. The lowest BCUT2D eigenvalue weighted by atomic mass is 9.98. The number of nitrogens with one attached hydrogen (secondary N) is 4. The number of Topliss-reactive ketones (excluding diaryl/α,β-unsaturated/α-hetero) is 1. The summed E-state index contributed by atoms with van der Waals surface area (Å²) in [5.41, 5.74) is 2.39. The monoisotopic (exact) mass is 815 g/mol. The number of benzene rings is 2. The van der Waals surface area contributed by atoms with E-state index in [2.05, 4.69) is 21.3 Å². The van der Waals surface area contributed by atoms with Gasteiger partial charge in [0, 0.05) is 44.6 Å². The van der Waals surface area contributed by atoms with Crippen LogP contribution in [-0.2, 0) is 35.2 Å². The standard InChI is InChI=1S/C43H57N7O9/c1-24-12-14-30(15-13-24)45-42(59)46-32(18-29-10-8-9-25(2)17-29)37(54)47-36(28(5)51)41(58)49-23-31(52)19-34(49)40(57)48-16-7-6-11-33(48)38(55)44-27(4)39(56)50-22-26(3)20-43(50)21-35(43)53/h8-10,12-15,17,26-28,31-34,36,51-52H,6-7,11,16,18-23H2,1-5H3,(H,44,55)(H,47,54)(H2,45,46,59)/t26-,27+,28+,31-,32+,33+,34+,36+,43-/m1/s1. The van der Waals surface area contributed by atoms with Crippen LogP contribution < -0.4 is 21.3 Å². The van der Waals surface area contributed by atoms with Crippen LogP contribution in [0.1, 0.15) is 76.0 Å². The minimum Gasteiger partial charge on any atom is -0.391 e. The van der Waals surface area contributed by atoms with Gasteiger partial charge < -0.3 is 46.2 Å². The van der Waals surface area contributed by atoms with Crippen LogP contribution in [0.4, 0.5) is 10.5 Å². The van der Waals surface area contributed by atoms with Gasteiger partial charge in [-0.2, -0.15) is 0 Å². The van der Waals surface area contributed by atoms with Crippen LogP contribution in [0.15, 0.2) is 48.5 Å². The number of carbonyl (C=O) groups is 7. The maximum atomic E-state index is 14.3. The number of anilines is 1. The number of β-amino-alcohol motifs (C(OH)–C–C–N with tert-alkyl or cyclic N) is 1. The van der Waals surface area contributed by atoms with Crippen LogP contribution in [0.25, 0.3) is 0 Å². The molecule has 1 aliphatic carbocycles. The van der Waals surface area contributed by atoms with Crippen molar-refractivity contribution in [1.29, 1.82) is 0 Å². The third-order valence-electron chi connectivity index (χ3n) is 12.0. The van der Waals surface area contributed by atoms with E-state index in [4.69, 9.17) is 0 Å². The van der Waals surface area contributed by atoms with Gasteiger partial charge in [0.05, 0.1) is 12.2 Å². The molecule has 1 saturated carbocycles. The second-order valence-corrected chi connectivity index (χ2v) is 17.0. The van der Waals surface area contributed by atoms with Crippen LogP contribution >= 0.6 is 0 Å². The minimum atomic E-state index is -1.56. The van der Waals surface area contributed by atoms with Gasteiger partial charge in [0.25, 0.3) is 0 Å². The van der Waals surface area contributed by atoms with E-state index in [1.165, 1.54) is 11.8 Å². The zero-order valence-electron chi connectivity index (χ0n) is 34.4. The Labute approximate surface area is 344 Å². The van der Waals surface area contributed by atoms with Crippen molar-refractivity contribution >= 4 is 47.0 Å². The predicted octanol–water partition coefficient (Wildman–Crippen LogP) is 1.33. The lowest BCUT2D eigenvalue weighted by Crippen LogP contribution is -2.62. The van der Waals surface area contributed by atoms with Gasteiger partial charge in [-0.15, -0.1) is 0 Å². The Bertz CT molecular complexity index is 1960. The summed E-state index contributed by atoms with van der Waals surface area (Å²) in [7, 11) is 0. The van der Waals surface area contributed by atoms with Crippen molar-refractivity contribution in [2.24, 2.45) is 5.92 Å². The second-order valence-electron chi connectivity index (χ2n) is 17.0. The van der Waals surface area contributed by atoms with E-state index in [0.29, 0.717) is 44.3 Å². The summed E-state index contributed by atoms with van der Waals surface area (Å²) < 4.78 is 0. The van der Waals surface area contributed by atoms with Crippen molar-refractivity contribution in [3.63, 3.8) is 0 Å². The molecule has 0 unspecified atom stereocenters. The number of carbonyl (C=O) groups excluding carboxylic acids is 7. The van der Waals surface area contributed by atoms with E-state index < -0.39 is 77.6 Å². The molecule has 1 spiro atoms. The number of aryl methyl sites for hydroxylation is 2. The summed E-state index contributed by atoms with van der Waals surface area (Å²) in [4.78, 5) is 99.5. The molecule has 16 heteroatoms. The fraction of sp³-hybridized carbons (Fsp3) is 0.558. The topological polar surface area (TPSA) is 218 Å². The van der Waals surface area contributed by atoms with Crippen molar-refractivity contribution in [3.8, 4) is 0 Å². The normalized spacial score (nSPS) is 25.8. The molecule has 3 saturated heterocycles. The summed E-state index contributed by atoms with van der Waals surface area (Å²) in [5.74, 6) is -2.87. The second kappa shape index (κ2) is 17.9. The third kappa shape index (κ3) is 9.76. The molecule has 16 nitrogen and oxygen atoms in total. The van der Waals surface area contributed by atoms with Crippen molar-refractivity contribution in [1.82, 2.24) is 30.7 Å². The number of urea groups is 1. The van der Waals surface area contributed by atoms with E-state index >= 15 is 0 Å². The quantitative estimate of drug-likeness (QED) is 0.182. The molecule has 0 aromatic heterocycles. The fourth-order valence-electron chi connectivity index (χ4n) is 8.82. The largest absolute Gasteiger partial charge is 0.391 e. The Morgan fingerprint density at radius 3 is 2.25 bits per heavy atom. The Morgan fingerprint density at radius 2 is 1.59 bits per heavy atom. The number of aliphatic hydroxyl groups is 2. The zero-order chi connectivity index (χ0) is 42.8. The molecule has 9 atom stereocenters. The van der Waals surface area contributed by atoms with E-state index in [1.54, 1.807) is 30.0 Å². The number of amides is 7. The zero-order valence-corrected chi connectivity index (χ0v) is 34.4. The van der Waals surface area contributed by atoms with Gasteiger partial charge in [-0.05, 0) is 77.0 Å². The highest BCUT2D eigenvalue weighted by Gasteiger charge is 2.63.